The monoisotopic (exact) mass is 205 g/mol. The number of hydrogen-bond acceptors (Lipinski definition) is 2. The Kier molecular flexibility index (Phi) is 2.62. The Bertz CT molecular complexity index is 372. The molecule has 1 aliphatic carbocycles. The molecule has 0 aliphatic heterocycles. The van der Waals surface area contributed by atoms with E-state index < -0.39 is 5.97 Å². The molecule has 1 saturated carbocycles. The molecule has 3 heteroatoms. The minimum absolute atomic E-state index is 0.395. The fraction of sp³-hybridized carbons (Fsp3) is 0.417. The zero-order valence-corrected chi connectivity index (χ0v) is 8.81. The van der Waals surface area contributed by atoms with Crippen molar-refractivity contribution >= 4 is 11.7 Å². The first kappa shape index (κ1) is 10.0. The number of nitrogens with zero attached hydrogens (tertiary/aromatic N) is 1. The van der Waals surface area contributed by atoms with Crippen LogP contribution in [0.25, 0.3) is 0 Å². The molecular weight excluding hydrogens is 190 g/mol. The van der Waals surface area contributed by atoms with Crippen LogP contribution in [-0.4, -0.2) is 24.2 Å². The van der Waals surface area contributed by atoms with Gasteiger partial charge in [-0.15, -0.1) is 0 Å². The summed E-state index contributed by atoms with van der Waals surface area (Å²) >= 11 is 0. The largest absolute Gasteiger partial charge is 0.478 e. The lowest BCUT2D eigenvalue weighted by Crippen LogP contribution is -2.37. The van der Waals surface area contributed by atoms with Crippen molar-refractivity contribution in [3.63, 3.8) is 0 Å². The van der Waals surface area contributed by atoms with E-state index in [2.05, 4.69) is 4.90 Å². The quantitative estimate of drug-likeness (QED) is 0.823. The van der Waals surface area contributed by atoms with Gasteiger partial charge in [-0.3, -0.25) is 0 Å². The number of para-hydroxylation sites is 1. The second-order valence-corrected chi connectivity index (χ2v) is 4.02. The van der Waals surface area contributed by atoms with E-state index in [-0.39, 0.29) is 0 Å². The van der Waals surface area contributed by atoms with Crippen LogP contribution >= 0.6 is 0 Å². The lowest BCUT2D eigenvalue weighted by Gasteiger charge is -2.37. The molecule has 0 aromatic heterocycles. The van der Waals surface area contributed by atoms with Crippen LogP contribution < -0.4 is 4.90 Å². The fourth-order valence-corrected chi connectivity index (χ4v) is 1.93. The number of carbonyl (C=O) groups is 1. The first-order chi connectivity index (χ1) is 7.20. The van der Waals surface area contributed by atoms with E-state index in [4.69, 9.17) is 5.11 Å². The summed E-state index contributed by atoms with van der Waals surface area (Å²) in [5, 5.41) is 9.06. The summed E-state index contributed by atoms with van der Waals surface area (Å²) in [6, 6.07) is 7.71. The van der Waals surface area contributed by atoms with Crippen molar-refractivity contribution in [3.05, 3.63) is 29.8 Å². The van der Waals surface area contributed by atoms with Crippen molar-refractivity contribution < 1.29 is 9.90 Å². The van der Waals surface area contributed by atoms with Crippen molar-refractivity contribution in [1.29, 1.82) is 0 Å². The normalized spacial score (nSPS) is 15.8. The Balaban J connectivity index is 2.29. The van der Waals surface area contributed by atoms with E-state index >= 15 is 0 Å². The van der Waals surface area contributed by atoms with Gasteiger partial charge in [0.05, 0.1) is 11.3 Å². The SMILES string of the molecule is CN(c1ccccc1C(=O)O)C1CCC1. The molecule has 15 heavy (non-hydrogen) atoms. The molecule has 1 N–H and O–H groups in total. The molecule has 1 aliphatic rings. The lowest BCUT2D eigenvalue weighted by molar-refractivity contribution is 0.0697. The molecule has 1 fully saturated rings. The minimum Gasteiger partial charge on any atom is -0.478 e. The number of rotatable bonds is 3. The van der Waals surface area contributed by atoms with E-state index in [0.717, 1.165) is 5.69 Å². The fourth-order valence-electron chi connectivity index (χ4n) is 1.93. The molecule has 80 valence electrons. The smallest absolute Gasteiger partial charge is 0.337 e. The van der Waals surface area contributed by atoms with Crippen LogP contribution in [0.3, 0.4) is 0 Å². The summed E-state index contributed by atoms with van der Waals surface area (Å²) in [6.07, 6.45) is 3.60. The Morgan fingerprint density at radius 1 is 1.40 bits per heavy atom. The maximum atomic E-state index is 11.0. The molecule has 0 saturated heterocycles. The summed E-state index contributed by atoms with van der Waals surface area (Å²) in [6.45, 7) is 0. The highest BCUT2D eigenvalue weighted by molar-refractivity contribution is 5.94. The van der Waals surface area contributed by atoms with E-state index in [1.54, 1.807) is 12.1 Å². The molecule has 0 atom stereocenters. The van der Waals surface area contributed by atoms with Crippen molar-refractivity contribution in [1.82, 2.24) is 0 Å². The molecule has 0 spiro atoms. The van der Waals surface area contributed by atoms with Gasteiger partial charge in [-0.2, -0.15) is 0 Å². The molecule has 0 bridgehead atoms. The minimum atomic E-state index is -0.850. The molecule has 0 heterocycles. The molecule has 3 nitrogen and oxygen atoms in total. The van der Waals surface area contributed by atoms with E-state index in [1.165, 1.54) is 19.3 Å². The molecule has 0 radical (unpaired) electrons. The van der Waals surface area contributed by atoms with Crippen LogP contribution in [0, 0.1) is 0 Å². The van der Waals surface area contributed by atoms with Gasteiger partial charge >= 0.3 is 5.97 Å². The highest BCUT2D eigenvalue weighted by Gasteiger charge is 2.24. The maximum Gasteiger partial charge on any atom is 0.337 e. The summed E-state index contributed by atoms with van der Waals surface area (Å²) in [7, 11) is 1.98. The van der Waals surface area contributed by atoms with Crippen molar-refractivity contribution in [2.24, 2.45) is 0 Å². The number of carboxylic acid groups (broad SMARTS) is 1. The third kappa shape index (κ3) is 1.82. The first-order valence-electron chi connectivity index (χ1n) is 5.25. The van der Waals surface area contributed by atoms with E-state index in [0.29, 0.717) is 11.6 Å². The molecule has 1 aromatic carbocycles. The van der Waals surface area contributed by atoms with Crippen LogP contribution in [-0.2, 0) is 0 Å². The van der Waals surface area contributed by atoms with Gasteiger partial charge in [-0.25, -0.2) is 4.79 Å². The van der Waals surface area contributed by atoms with Crippen LogP contribution in [0.4, 0.5) is 5.69 Å². The highest BCUT2D eigenvalue weighted by atomic mass is 16.4. The Labute approximate surface area is 89.3 Å². The summed E-state index contributed by atoms with van der Waals surface area (Å²) in [5.74, 6) is -0.850. The van der Waals surface area contributed by atoms with Crippen molar-refractivity contribution in [2.75, 3.05) is 11.9 Å². The maximum absolute atomic E-state index is 11.0. The predicted octanol–water partition coefficient (Wildman–Crippen LogP) is 2.37. The molecule has 2 rings (SSSR count). The molecular formula is C12H15NO2. The average Bonchev–Trinajstić information content (AvgIpc) is 2.15. The summed E-state index contributed by atoms with van der Waals surface area (Å²) in [5.41, 5.74) is 1.22. The Hall–Kier alpha value is -1.51. The third-order valence-corrected chi connectivity index (χ3v) is 3.14. The van der Waals surface area contributed by atoms with Gasteiger partial charge in [0.15, 0.2) is 0 Å². The van der Waals surface area contributed by atoms with Crippen LogP contribution in [0.2, 0.25) is 0 Å². The highest BCUT2D eigenvalue weighted by Crippen LogP contribution is 2.30. The first-order valence-corrected chi connectivity index (χ1v) is 5.25. The van der Waals surface area contributed by atoms with Crippen molar-refractivity contribution in [2.45, 2.75) is 25.3 Å². The Morgan fingerprint density at radius 3 is 2.60 bits per heavy atom. The lowest BCUT2D eigenvalue weighted by atomic mass is 9.91. The van der Waals surface area contributed by atoms with Gasteiger partial charge in [-0.1, -0.05) is 12.1 Å². The number of anilines is 1. The second-order valence-electron chi connectivity index (χ2n) is 4.02. The number of aromatic carboxylic acids is 1. The Morgan fingerprint density at radius 2 is 2.07 bits per heavy atom. The topological polar surface area (TPSA) is 40.5 Å². The number of benzene rings is 1. The van der Waals surface area contributed by atoms with Crippen LogP contribution in [0.15, 0.2) is 24.3 Å². The molecule has 1 aromatic rings. The van der Waals surface area contributed by atoms with E-state index in [1.807, 2.05) is 19.2 Å². The zero-order chi connectivity index (χ0) is 10.8. The molecule has 0 unspecified atom stereocenters. The number of hydrogen-bond donors (Lipinski definition) is 1. The number of carboxylic acids is 1. The second kappa shape index (κ2) is 3.93. The zero-order valence-electron chi connectivity index (χ0n) is 8.81. The van der Waals surface area contributed by atoms with Crippen molar-refractivity contribution in [3.8, 4) is 0 Å². The van der Waals surface area contributed by atoms with Gasteiger partial charge in [-0.05, 0) is 31.4 Å². The van der Waals surface area contributed by atoms with E-state index in [9.17, 15) is 4.79 Å². The standard InChI is InChI=1S/C12H15NO2/c1-13(9-5-4-6-9)11-8-3-2-7-10(11)12(14)15/h2-3,7-9H,4-6H2,1H3,(H,14,15). The molecule has 0 amide bonds. The van der Waals surface area contributed by atoms with Gasteiger partial charge in [0.2, 0.25) is 0 Å². The van der Waals surface area contributed by atoms with Gasteiger partial charge in [0.1, 0.15) is 0 Å². The van der Waals surface area contributed by atoms with Crippen LogP contribution in [0.5, 0.6) is 0 Å². The average molecular weight is 205 g/mol. The summed E-state index contributed by atoms with van der Waals surface area (Å²) in [4.78, 5) is 13.1. The predicted molar refractivity (Wildman–Crippen MR) is 59.4 cm³/mol. The third-order valence-electron chi connectivity index (χ3n) is 3.14. The van der Waals surface area contributed by atoms with Gasteiger partial charge in [0.25, 0.3) is 0 Å². The summed E-state index contributed by atoms with van der Waals surface area (Å²) < 4.78 is 0. The van der Waals surface area contributed by atoms with Gasteiger partial charge < -0.3 is 10.0 Å². The van der Waals surface area contributed by atoms with Crippen LogP contribution in [0.1, 0.15) is 29.6 Å². The van der Waals surface area contributed by atoms with Gasteiger partial charge in [0, 0.05) is 13.1 Å².